The van der Waals surface area contributed by atoms with E-state index in [4.69, 9.17) is 4.52 Å². The molecule has 3 rings (SSSR count). The van der Waals surface area contributed by atoms with Crippen molar-refractivity contribution in [3.63, 3.8) is 0 Å². The van der Waals surface area contributed by atoms with Crippen molar-refractivity contribution in [1.82, 2.24) is 19.9 Å². The lowest BCUT2D eigenvalue weighted by Crippen LogP contribution is -2.15. The van der Waals surface area contributed by atoms with Gasteiger partial charge in [0.05, 0.1) is 17.0 Å². The molecule has 2 aromatic heterocycles. The fourth-order valence-electron chi connectivity index (χ4n) is 2.76. The highest BCUT2D eigenvalue weighted by Gasteiger charge is 2.21. The van der Waals surface area contributed by atoms with Crippen LogP contribution < -0.4 is 5.32 Å². The molecule has 0 unspecified atom stereocenters. The highest BCUT2D eigenvalue weighted by molar-refractivity contribution is 7.99. The number of hydrogen-bond acceptors (Lipinski definition) is 6. The van der Waals surface area contributed by atoms with E-state index in [-0.39, 0.29) is 22.9 Å². The maximum atomic E-state index is 14.3. The van der Waals surface area contributed by atoms with Gasteiger partial charge in [0.1, 0.15) is 5.82 Å². The first kappa shape index (κ1) is 22.0. The number of aromatic nitrogens is 4. The quantitative estimate of drug-likeness (QED) is 0.543. The minimum absolute atomic E-state index is 0.110. The molecule has 0 saturated heterocycles. The van der Waals surface area contributed by atoms with Crippen LogP contribution in [0.5, 0.6) is 0 Å². The van der Waals surface area contributed by atoms with Crippen LogP contribution in [-0.4, -0.2) is 31.6 Å². The summed E-state index contributed by atoms with van der Waals surface area (Å²) >= 11 is 1.24. The third-order valence-electron chi connectivity index (χ3n) is 4.25. The number of benzene rings is 1. The Balaban J connectivity index is 1.72. The summed E-state index contributed by atoms with van der Waals surface area (Å²) in [5, 5.41) is 15.6. The van der Waals surface area contributed by atoms with Crippen molar-refractivity contribution in [1.29, 1.82) is 0 Å². The smallest absolute Gasteiger partial charge is 0.237 e. The molecule has 30 heavy (non-hydrogen) atoms. The monoisotopic (exact) mass is 431 g/mol. The van der Waals surface area contributed by atoms with Crippen LogP contribution in [0.2, 0.25) is 0 Å². The molecule has 0 bridgehead atoms. The summed E-state index contributed by atoms with van der Waals surface area (Å²) in [7, 11) is 0. The van der Waals surface area contributed by atoms with Crippen LogP contribution in [0.15, 0.2) is 40.0 Å². The molecular formula is C21H26FN5O2S. The van der Waals surface area contributed by atoms with Crippen LogP contribution in [0.3, 0.4) is 0 Å². The van der Waals surface area contributed by atoms with E-state index >= 15 is 0 Å². The second kappa shape index (κ2) is 8.99. The van der Waals surface area contributed by atoms with Gasteiger partial charge in [0.25, 0.3) is 0 Å². The minimum atomic E-state index is -0.357. The summed E-state index contributed by atoms with van der Waals surface area (Å²) in [6.07, 6.45) is 0. The molecule has 1 aromatic carbocycles. The Morgan fingerprint density at radius 2 is 2.00 bits per heavy atom. The molecule has 0 spiro atoms. The summed E-state index contributed by atoms with van der Waals surface area (Å²) in [5.74, 6) is 0.562. The summed E-state index contributed by atoms with van der Waals surface area (Å²) in [4.78, 5) is 12.4. The van der Waals surface area contributed by atoms with E-state index in [1.54, 1.807) is 24.3 Å². The number of anilines is 1. The second-order valence-electron chi connectivity index (χ2n) is 8.45. The molecule has 0 saturated carbocycles. The van der Waals surface area contributed by atoms with Crippen LogP contribution in [0.4, 0.5) is 10.3 Å². The third-order valence-corrected chi connectivity index (χ3v) is 5.22. The standard InChI is InChI=1S/C21H26FN5O2S/c1-13(2)11-27-19(14-8-6-7-9-15(14)22)24-25-20(27)30-12-17(28)23-18-10-16(26-29-18)21(3,4)5/h6-10,13H,11-12H2,1-5H3,(H,23,28). The molecule has 0 radical (unpaired) electrons. The van der Waals surface area contributed by atoms with Gasteiger partial charge in [0.2, 0.25) is 11.8 Å². The molecule has 0 atom stereocenters. The second-order valence-corrected chi connectivity index (χ2v) is 9.40. The minimum Gasteiger partial charge on any atom is -0.338 e. The Hall–Kier alpha value is -2.68. The topological polar surface area (TPSA) is 85.8 Å². The number of rotatable bonds is 7. The summed E-state index contributed by atoms with van der Waals surface area (Å²) < 4.78 is 21.3. The maximum absolute atomic E-state index is 14.3. The molecular weight excluding hydrogens is 405 g/mol. The molecule has 9 heteroatoms. The third kappa shape index (κ3) is 5.27. The number of carbonyl (C=O) groups excluding carboxylic acids is 1. The Morgan fingerprint density at radius 1 is 1.27 bits per heavy atom. The number of halogens is 1. The van der Waals surface area contributed by atoms with Crippen LogP contribution in [-0.2, 0) is 16.8 Å². The molecule has 7 nitrogen and oxygen atoms in total. The van der Waals surface area contributed by atoms with E-state index in [2.05, 4.69) is 34.5 Å². The molecule has 1 amide bonds. The van der Waals surface area contributed by atoms with Gasteiger partial charge in [-0.2, -0.15) is 0 Å². The zero-order valence-corrected chi connectivity index (χ0v) is 18.6. The lowest BCUT2D eigenvalue weighted by molar-refractivity contribution is -0.113. The summed E-state index contributed by atoms with van der Waals surface area (Å²) in [6, 6.07) is 8.19. The maximum Gasteiger partial charge on any atom is 0.237 e. The van der Waals surface area contributed by atoms with Gasteiger partial charge in [-0.3, -0.25) is 10.1 Å². The summed E-state index contributed by atoms with van der Waals surface area (Å²) in [6.45, 7) is 10.8. The molecule has 0 aliphatic carbocycles. The molecule has 2 heterocycles. The number of nitrogens with zero attached hydrogens (tertiary/aromatic N) is 4. The van der Waals surface area contributed by atoms with Gasteiger partial charge in [-0.25, -0.2) is 4.39 Å². The SMILES string of the molecule is CC(C)Cn1c(SCC(=O)Nc2cc(C(C)(C)C)no2)nnc1-c1ccccc1F. The Morgan fingerprint density at radius 3 is 2.63 bits per heavy atom. The summed E-state index contributed by atoms with van der Waals surface area (Å²) in [5.41, 5.74) is 0.979. The number of hydrogen-bond donors (Lipinski definition) is 1. The molecule has 3 aromatic rings. The first-order chi connectivity index (χ1) is 14.1. The normalized spacial score (nSPS) is 11.8. The van der Waals surface area contributed by atoms with Crippen LogP contribution in [0.25, 0.3) is 11.4 Å². The average molecular weight is 432 g/mol. The lowest BCUT2D eigenvalue weighted by Gasteiger charge is -2.13. The highest BCUT2D eigenvalue weighted by atomic mass is 32.2. The Bertz CT molecular complexity index is 1020. The van der Waals surface area contributed by atoms with E-state index in [1.165, 1.54) is 17.8 Å². The zero-order valence-electron chi connectivity index (χ0n) is 17.8. The van der Waals surface area contributed by atoms with Crippen molar-refractivity contribution in [2.75, 3.05) is 11.1 Å². The first-order valence-corrected chi connectivity index (χ1v) is 10.7. The van der Waals surface area contributed by atoms with Crippen molar-refractivity contribution >= 4 is 23.6 Å². The van der Waals surface area contributed by atoms with Crippen LogP contribution in [0, 0.1) is 11.7 Å². The predicted octanol–water partition coefficient (Wildman–Crippen LogP) is 4.76. The molecule has 0 aliphatic heterocycles. The van der Waals surface area contributed by atoms with E-state index in [9.17, 15) is 9.18 Å². The number of thioether (sulfide) groups is 1. The van der Waals surface area contributed by atoms with Gasteiger partial charge in [0.15, 0.2) is 11.0 Å². The Kier molecular flexibility index (Phi) is 6.60. The number of carbonyl (C=O) groups is 1. The van der Waals surface area contributed by atoms with Gasteiger partial charge >= 0.3 is 0 Å². The first-order valence-electron chi connectivity index (χ1n) is 9.73. The number of nitrogens with one attached hydrogen (secondary N) is 1. The average Bonchev–Trinajstić information content (AvgIpc) is 3.27. The predicted molar refractivity (Wildman–Crippen MR) is 115 cm³/mol. The van der Waals surface area contributed by atoms with Gasteiger partial charge < -0.3 is 9.09 Å². The van der Waals surface area contributed by atoms with Gasteiger partial charge in [-0.05, 0) is 18.1 Å². The van der Waals surface area contributed by atoms with Crippen molar-refractivity contribution in [2.24, 2.45) is 5.92 Å². The van der Waals surface area contributed by atoms with Crippen LogP contribution in [0.1, 0.15) is 40.3 Å². The van der Waals surface area contributed by atoms with Gasteiger partial charge in [0, 0.05) is 18.0 Å². The van der Waals surface area contributed by atoms with Crippen LogP contribution >= 0.6 is 11.8 Å². The number of amides is 1. The Labute approximate surface area is 179 Å². The van der Waals surface area contributed by atoms with Crippen molar-refractivity contribution in [3.8, 4) is 11.4 Å². The van der Waals surface area contributed by atoms with Crippen molar-refractivity contribution < 1.29 is 13.7 Å². The van der Waals surface area contributed by atoms with E-state index in [1.807, 2.05) is 25.3 Å². The van der Waals surface area contributed by atoms with Crippen molar-refractivity contribution in [3.05, 3.63) is 41.8 Å². The van der Waals surface area contributed by atoms with E-state index < -0.39 is 0 Å². The van der Waals surface area contributed by atoms with E-state index in [0.717, 1.165) is 5.69 Å². The largest absolute Gasteiger partial charge is 0.338 e. The fraction of sp³-hybridized carbons (Fsp3) is 0.429. The molecule has 0 aliphatic rings. The van der Waals surface area contributed by atoms with Gasteiger partial charge in [-0.15, -0.1) is 10.2 Å². The molecule has 1 N–H and O–H groups in total. The van der Waals surface area contributed by atoms with Crippen molar-refractivity contribution in [2.45, 2.75) is 51.7 Å². The highest BCUT2D eigenvalue weighted by Crippen LogP contribution is 2.27. The van der Waals surface area contributed by atoms with Gasteiger partial charge in [-0.1, -0.05) is 63.7 Å². The van der Waals surface area contributed by atoms with E-state index in [0.29, 0.717) is 34.9 Å². The zero-order chi connectivity index (χ0) is 21.9. The lowest BCUT2D eigenvalue weighted by atomic mass is 9.92. The molecule has 0 fully saturated rings. The fourth-order valence-corrected chi connectivity index (χ4v) is 3.51. The molecule has 160 valence electrons.